The molecule has 0 saturated carbocycles. The van der Waals surface area contributed by atoms with Gasteiger partial charge in [0.1, 0.15) is 11.5 Å². The molecule has 2 amide bonds. The second-order valence-corrected chi connectivity index (χ2v) is 4.46. The highest BCUT2D eigenvalue weighted by atomic mass is 19.4. The summed E-state index contributed by atoms with van der Waals surface area (Å²) in [6, 6.07) is 4.61. The number of halogens is 3. The molecular formula is C14H17F3N2O4. The predicted molar refractivity (Wildman–Crippen MR) is 75.6 cm³/mol. The summed E-state index contributed by atoms with van der Waals surface area (Å²) in [6.07, 6.45) is -4.74. The van der Waals surface area contributed by atoms with Crippen LogP contribution in [0.4, 0.5) is 13.2 Å². The molecule has 1 aromatic carbocycles. The summed E-state index contributed by atoms with van der Waals surface area (Å²) < 4.78 is 45.9. The largest absolute Gasteiger partial charge is 0.497 e. The fourth-order valence-electron chi connectivity index (χ4n) is 1.63. The molecule has 0 bridgehead atoms. The van der Waals surface area contributed by atoms with E-state index in [1.54, 1.807) is 11.4 Å². The van der Waals surface area contributed by atoms with Gasteiger partial charge in [-0.15, -0.1) is 0 Å². The van der Waals surface area contributed by atoms with E-state index in [0.29, 0.717) is 17.1 Å². The van der Waals surface area contributed by atoms with Crippen molar-refractivity contribution in [3.63, 3.8) is 0 Å². The number of hydrogen-bond acceptors (Lipinski definition) is 4. The van der Waals surface area contributed by atoms with Crippen molar-refractivity contribution in [2.24, 2.45) is 0 Å². The maximum Gasteiger partial charge on any atom is 0.471 e. The number of ether oxygens (including phenoxy) is 2. The van der Waals surface area contributed by atoms with Crippen LogP contribution in [0.15, 0.2) is 18.2 Å². The van der Waals surface area contributed by atoms with Crippen LogP contribution in [-0.4, -0.2) is 45.3 Å². The van der Waals surface area contributed by atoms with Crippen LogP contribution < -0.4 is 20.1 Å². The molecule has 0 unspecified atom stereocenters. The number of amides is 2. The van der Waals surface area contributed by atoms with Crippen LogP contribution in [0.5, 0.6) is 11.5 Å². The lowest BCUT2D eigenvalue weighted by Gasteiger charge is -2.10. The van der Waals surface area contributed by atoms with Crippen molar-refractivity contribution in [3.05, 3.63) is 23.8 Å². The van der Waals surface area contributed by atoms with Crippen LogP contribution in [0.1, 0.15) is 16.8 Å². The molecule has 0 spiro atoms. The number of carbonyl (C=O) groups excluding carboxylic acids is 2. The smallest absolute Gasteiger partial charge is 0.471 e. The molecule has 1 aromatic rings. The Morgan fingerprint density at radius 3 is 2.00 bits per heavy atom. The van der Waals surface area contributed by atoms with E-state index in [4.69, 9.17) is 9.47 Å². The summed E-state index contributed by atoms with van der Waals surface area (Å²) in [6.45, 7) is -0.0868. The van der Waals surface area contributed by atoms with Gasteiger partial charge in [0.2, 0.25) is 0 Å². The number of carbonyl (C=O) groups is 2. The molecule has 0 heterocycles. The minimum absolute atomic E-state index is 0.108. The summed E-state index contributed by atoms with van der Waals surface area (Å²) in [7, 11) is 2.89. The Kier molecular flexibility index (Phi) is 6.67. The first-order chi connectivity index (χ1) is 10.8. The van der Waals surface area contributed by atoms with E-state index in [-0.39, 0.29) is 19.5 Å². The van der Waals surface area contributed by atoms with E-state index < -0.39 is 18.0 Å². The first-order valence-corrected chi connectivity index (χ1v) is 6.64. The average molecular weight is 334 g/mol. The van der Waals surface area contributed by atoms with E-state index >= 15 is 0 Å². The molecule has 0 aliphatic rings. The van der Waals surface area contributed by atoms with Gasteiger partial charge in [0, 0.05) is 24.7 Å². The molecule has 0 fully saturated rings. The van der Waals surface area contributed by atoms with E-state index in [2.05, 4.69) is 5.32 Å². The number of rotatable bonds is 7. The second-order valence-electron chi connectivity index (χ2n) is 4.46. The first kappa shape index (κ1) is 18.6. The maximum absolute atomic E-state index is 11.9. The second kappa shape index (κ2) is 8.25. The third-order valence-electron chi connectivity index (χ3n) is 2.80. The van der Waals surface area contributed by atoms with Crippen molar-refractivity contribution in [1.82, 2.24) is 10.6 Å². The fourth-order valence-corrected chi connectivity index (χ4v) is 1.63. The van der Waals surface area contributed by atoms with Crippen molar-refractivity contribution >= 4 is 11.8 Å². The van der Waals surface area contributed by atoms with Crippen LogP contribution in [-0.2, 0) is 4.79 Å². The van der Waals surface area contributed by atoms with Crippen molar-refractivity contribution in [2.75, 3.05) is 27.3 Å². The Morgan fingerprint density at radius 2 is 1.52 bits per heavy atom. The molecule has 0 aliphatic heterocycles. The Labute approximate surface area is 130 Å². The normalized spacial score (nSPS) is 10.8. The van der Waals surface area contributed by atoms with Gasteiger partial charge in [0.25, 0.3) is 5.91 Å². The van der Waals surface area contributed by atoms with Crippen LogP contribution in [0.25, 0.3) is 0 Å². The van der Waals surface area contributed by atoms with Gasteiger partial charge >= 0.3 is 12.1 Å². The summed E-state index contributed by atoms with van der Waals surface area (Å²) in [5, 5.41) is 4.25. The molecule has 9 heteroatoms. The fraction of sp³-hybridized carbons (Fsp3) is 0.429. The molecule has 128 valence electrons. The van der Waals surface area contributed by atoms with Crippen molar-refractivity contribution in [1.29, 1.82) is 0 Å². The Bertz CT molecular complexity index is 539. The molecule has 0 radical (unpaired) electrons. The van der Waals surface area contributed by atoms with Crippen LogP contribution >= 0.6 is 0 Å². The molecule has 0 atom stereocenters. The van der Waals surface area contributed by atoms with Gasteiger partial charge in [0.15, 0.2) is 0 Å². The van der Waals surface area contributed by atoms with E-state index in [0.717, 1.165) is 0 Å². The summed E-state index contributed by atoms with van der Waals surface area (Å²) >= 11 is 0. The lowest BCUT2D eigenvalue weighted by Crippen LogP contribution is -2.38. The minimum Gasteiger partial charge on any atom is -0.497 e. The van der Waals surface area contributed by atoms with Crippen LogP contribution in [0, 0.1) is 0 Å². The molecule has 0 aliphatic carbocycles. The topological polar surface area (TPSA) is 76.7 Å². The highest BCUT2D eigenvalue weighted by Gasteiger charge is 2.38. The van der Waals surface area contributed by atoms with E-state index in [1.165, 1.54) is 26.4 Å². The third-order valence-corrected chi connectivity index (χ3v) is 2.80. The lowest BCUT2D eigenvalue weighted by atomic mass is 10.2. The summed E-state index contributed by atoms with van der Waals surface area (Å²) in [4.78, 5) is 22.5. The number of benzene rings is 1. The van der Waals surface area contributed by atoms with Crippen molar-refractivity contribution in [3.8, 4) is 11.5 Å². The Hall–Kier alpha value is -2.45. The molecule has 0 saturated heterocycles. The third kappa shape index (κ3) is 6.05. The highest BCUT2D eigenvalue weighted by molar-refractivity contribution is 5.95. The zero-order valence-electron chi connectivity index (χ0n) is 12.6. The molecule has 2 N–H and O–H groups in total. The Morgan fingerprint density at radius 1 is 1.00 bits per heavy atom. The number of methoxy groups -OCH3 is 2. The SMILES string of the molecule is COc1cc(OC)cc(C(=O)NCCCNC(=O)C(F)(F)F)c1. The first-order valence-electron chi connectivity index (χ1n) is 6.64. The quantitative estimate of drug-likeness (QED) is 0.741. The van der Waals surface area contributed by atoms with Gasteiger partial charge in [-0.05, 0) is 18.6 Å². The van der Waals surface area contributed by atoms with E-state index in [9.17, 15) is 22.8 Å². The van der Waals surface area contributed by atoms with Gasteiger partial charge < -0.3 is 20.1 Å². The standard InChI is InChI=1S/C14H17F3N2O4/c1-22-10-6-9(7-11(8-10)23-2)12(20)18-4-3-5-19-13(21)14(15,16)17/h6-8H,3-5H2,1-2H3,(H,18,20)(H,19,21). The van der Waals surface area contributed by atoms with Crippen LogP contribution in [0.3, 0.4) is 0 Å². The monoisotopic (exact) mass is 334 g/mol. The minimum atomic E-state index is -4.90. The van der Waals surface area contributed by atoms with Gasteiger partial charge in [-0.3, -0.25) is 9.59 Å². The molecule has 0 aromatic heterocycles. The zero-order valence-corrected chi connectivity index (χ0v) is 12.6. The Balaban J connectivity index is 2.44. The highest BCUT2D eigenvalue weighted by Crippen LogP contribution is 2.22. The van der Waals surface area contributed by atoms with Crippen LogP contribution in [0.2, 0.25) is 0 Å². The van der Waals surface area contributed by atoms with Gasteiger partial charge in [-0.1, -0.05) is 0 Å². The maximum atomic E-state index is 11.9. The van der Waals surface area contributed by atoms with Crippen molar-refractivity contribution in [2.45, 2.75) is 12.6 Å². The number of nitrogens with one attached hydrogen (secondary N) is 2. The zero-order chi connectivity index (χ0) is 17.5. The summed E-state index contributed by atoms with van der Waals surface area (Å²) in [5.74, 6) is -1.55. The lowest BCUT2D eigenvalue weighted by molar-refractivity contribution is -0.173. The summed E-state index contributed by atoms with van der Waals surface area (Å²) in [5.41, 5.74) is 0.292. The number of alkyl halides is 3. The van der Waals surface area contributed by atoms with Gasteiger partial charge in [-0.2, -0.15) is 13.2 Å². The molecule has 23 heavy (non-hydrogen) atoms. The van der Waals surface area contributed by atoms with Gasteiger partial charge in [0.05, 0.1) is 14.2 Å². The predicted octanol–water partition coefficient (Wildman–Crippen LogP) is 1.50. The molecule has 6 nitrogen and oxygen atoms in total. The number of hydrogen-bond donors (Lipinski definition) is 2. The van der Waals surface area contributed by atoms with Gasteiger partial charge in [-0.25, -0.2) is 0 Å². The average Bonchev–Trinajstić information content (AvgIpc) is 2.52. The van der Waals surface area contributed by atoms with E-state index in [1.807, 2.05) is 0 Å². The van der Waals surface area contributed by atoms with Crippen molar-refractivity contribution < 1.29 is 32.2 Å². The molecular weight excluding hydrogens is 317 g/mol. The molecule has 1 rings (SSSR count).